The third-order valence-electron chi connectivity index (χ3n) is 4.77. The van der Waals surface area contributed by atoms with Crippen LogP contribution in [0.25, 0.3) is 0 Å². The van der Waals surface area contributed by atoms with Crippen LogP contribution in [0, 0.1) is 18.7 Å². The summed E-state index contributed by atoms with van der Waals surface area (Å²) >= 11 is 0. The first-order chi connectivity index (χ1) is 11.5. The number of aryl methyl sites for hydroxylation is 1. The summed E-state index contributed by atoms with van der Waals surface area (Å²) in [6, 6.07) is 4.80. The van der Waals surface area contributed by atoms with E-state index in [0.717, 1.165) is 12.8 Å². The van der Waals surface area contributed by atoms with Crippen molar-refractivity contribution in [2.75, 3.05) is 13.1 Å². The van der Waals surface area contributed by atoms with Crippen molar-refractivity contribution >= 4 is 17.5 Å². The summed E-state index contributed by atoms with van der Waals surface area (Å²) in [5.41, 5.74) is 1.02. The zero-order valence-corrected chi connectivity index (χ0v) is 13.3. The van der Waals surface area contributed by atoms with Gasteiger partial charge < -0.3 is 15.1 Å². The van der Waals surface area contributed by atoms with Crippen LogP contribution < -0.4 is 5.32 Å². The molecular formula is C17H18FN3O3. The van der Waals surface area contributed by atoms with Crippen LogP contribution in [0.4, 0.5) is 4.39 Å². The molecule has 0 spiro atoms. The number of oxime groups is 1. The standard InChI is InChI=1S/C17H18FN3O3/c1-9-3-2-4-12(18)14(9)17(23)21-7-11-13(8-21)24-20-15(11)16(22)19-10-5-6-10/h2-4,10-11,13H,5-8H2,1H3,(H,19,22)/t11-,13+/m0/s1. The number of nitrogens with one attached hydrogen (secondary N) is 1. The Balaban J connectivity index is 1.49. The number of carbonyl (C=O) groups excluding carboxylic acids is 2. The number of hydrogen-bond donors (Lipinski definition) is 1. The minimum atomic E-state index is -0.529. The Bertz CT molecular complexity index is 724. The summed E-state index contributed by atoms with van der Waals surface area (Å²) in [6.45, 7) is 2.33. The third-order valence-corrected chi connectivity index (χ3v) is 4.77. The maximum absolute atomic E-state index is 14.0. The van der Waals surface area contributed by atoms with Crippen molar-refractivity contribution in [2.45, 2.75) is 31.9 Å². The topological polar surface area (TPSA) is 71.0 Å². The highest BCUT2D eigenvalue weighted by Gasteiger charge is 2.47. The molecule has 1 aromatic carbocycles. The molecular weight excluding hydrogens is 313 g/mol. The maximum Gasteiger partial charge on any atom is 0.269 e. The summed E-state index contributed by atoms with van der Waals surface area (Å²) in [6.07, 6.45) is 1.65. The van der Waals surface area contributed by atoms with Gasteiger partial charge in [0.1, 0.15) is 5.82 Å². The Morgan fingerprint density at radius 3 is 2.83 bits per heavy atom. The molecule has 126 valence electrons. The van der Waals surface area contributed by atoms with Crippen LogP contribution in [0.2, 0.25) is 0 Å². The highest BCUT2D eigenvalue weighted by atomic mass is 19.1. The minimum Gasteiger partial charge on any atom is -0.389 e. The normalized spacial score (nSPS) is 25.1. The number of hydrogen-bond acceptors (Lipinski definition) is 4. The van der Waals surface area contributed by atoms with E-state index in [1.165, 1.54) is 6.07 Å². The van der Waals surface area contributed by atoms with E-state index in [4.69, 9.17) is 4.84 Å². The number of nitrogens with zero attached hydrogens (tertiary/aromatic N) is 2. The van der Waals surface area contributed by atoms with Crippen molar-refractivity contribution in [1.29, 1.82) is 0 Å². The number of fused-ring (bicyclic) bond motifs is 1. The van der Waals surface area contributed by atoms with Crippen molar-refractivity contribution in [1.82, 2.24) is 10.2 Å². The summed E-state index contributed by atoms with van der Waals surface area (Å²) < 4.78 is 14.0. The van der Waals surface area contributed by atoms with E-state index in [1.54, 1.807) is 24.0 Å². The average molecular weight is 331 g/mol. The second-order valence-electron chi connectivity index (χ2n) is 6.62. The van der Waals surface area contributed by atoms with Gasteiger partial charge in [-0.3, -0.25) is 9.59 Å². The molecule has 6 nitrogen and oxygen atoms in total. The van der Waals surface area contributed by atoms with Crippen LogP contribution in [0.3, 0.4) is 0 Å². The first-order valence-electron chi connectivity index (χ1n) is 8.13. The predicted molar refractivity (Wildman–Crippen MR) is 84.0 cm³/mol. The van der Waals surface area contributed by atoms with E-state index in [1.807, 2.05) is 0 Å². The van der Waals surface area contributed by atoms with Crippen molar-refractivity contribution in [3.63, 3.8) is 0 Å². The fourth-order valence-electron chi connectivity index (χ4n) is 3.26. The molecule has 4 rings (SSSR count). The Hall–Kier alpha value is -2.44. The van der Waals surface area contributed by atoms with E-state index in [9.17, 15) is 14.0 Å². The molecule has 2 heterocycles. The number of likely N-dealkylation sites (tertiary alicyclic amines) is 1. The van der Waals surface area contributed by atoms with Crippen molar-refractivity contribution in [2.24, 2.45) is 11.1 Å². The van der Waals surface area contributed by atoms with Crippen LogP contribution in [-0.2, 0) is 9.63 Å². The van der Waals surface area contributed by atoms with Gasteiger partial charge in [-0.1, -0.05) is 17.3 Å². The smallest absolute Gasteiger partial charge is 0.269 e. The van der Waals surface area contributed by atoms with Gasteiger partial charge in [-0.25, -0.2) is 4.39 Å². The van der Waals surface area contributed by atoms with Crippen LogP contribution in [0.5, 0.6) is 0 Å². The monoisotopic (exact) mass is 331 g/mol. The van der Waals surface area contributed by atoms with Gasteiger partial charge in [0.25, 0.3) is 11.8 Å². The van der Waals surface area contributed by atoms with Crippen LogP contribution in [0.1, 0.15) is 28.8 Å². The lowest BCUT2D eigenvalue weighted by molar-refractivity contribution is -0.115. The van der Waals surface area contributed by atoms with E-state index in [2.05, 4.69) is 10.5 Å². The molecule has 1 saturated heterocycles. The molecule has 1 aromatic rings. The van der Waals surface area contributed by atoms with Gasteiger partial charge >= 0.3 is 0 Å². The van der Waals surface area contributed by atoms with Gasteiger partial charge in [0.05, 0.1) is 18.0 Å². The molecule has 0 radical (unpaired) electrons. The van der Waals surface area contributed by atoms with E-state index in [0.29, 0.717) is 24.4 Å². The number of rotatable bonds is 3. The minimum absolute atomic E-state index is 0.0818. The Morgan fingerprint density at radius 2 is 2.12 bits per heavy atom. The quantitative estimate of drug-likeness (QED) is 0.906. The maximum atomic E-state index is 14.0. The van der Waals surface area contributed by atoms with Gasteiger partial charge in [0.15, 0.2) is 11.8 Å². The fourth-order valence-corrected chi connectivity index (χ4v) is 3.26. The van der Waals surface area contributed by atoms with Gasteiger partial charge in [-0.15, -0.1) is 0 Å². The number of halogens is 1. The van der Waals surface area contributed by atoms with Gasteiger partial charge in [-0.05, 0) is 31.4 Å². The number of benzene rings is 1. The van der Waals surface area contributed by atoms with Gasteiger partial charge in [-0.2, -0.15) is 0 Å². The Labute approximate surface area is 138 Å². The van der Waals surface area contributed by atoms with Crippen molar-refractivity contribution in [3.05, 3.63) is 35.1 Å². The molecule has 7 heteroatoms. The zero-order valence-electron chi connectivity index (χ0n) is 13.3. The summed E-state index contributed by atoms with van der Waals surface area (Å²) in [5, 5.41) is 6.78. The molecule has 2 aliphatic heterocycles. The van der Waals surface area contributed by atoms with Gasteiger partial charge in [0.2, 0.25) is 0 Å². The zero-order chi connectivity index (χ0) is 16.8. The molecule has 0 unspecified atom stereocenters. The second-order valence-corrected chi connectivity index (χ2v) is 6.62. The Kier molecular flexibility index (Phi) is 3.51. The fraction of sp³-hybridized carbons (Fsp3) is 0.471. The molecule has 2 atom stereocenters. The lowest BCUT2D eigenvalue weighted by Gasteiger charge is -2.18. The highest BCUT2D eigenvalue weighted by molar-refractivity contribution is 6.40. The SMILES string of the molecule is Cc1cccc(F)c1C(=O)N1C[C@@H]2C(C(=O)NC3CC3)=NO[C@@H]2C1. The lowest BCUT2D eigenvalue weighted by Crippen LogP contribution is -2.38. The van der Waals surface area contributed by atoms with Crippen molar-refractivity contribution in [3.8, 4) is 0 Å². The molecule has 0 bridgehead atoms. The van der Waals surface area contributed by atoms with Crippen molar-refractivity contribution < 1.29 is 18.8 Å². The largest absolute Gasteiger partial charge is 0.389 e. The summed E-state index contributed by atoms with van der Waals surface area (Å²) in [7, 11) is 0. The molecule has 1 saturated carbocycles. The van der Waals surface area contributed by atoms with E-state index in [-0.39, 0.29) is 35.4 Å². The summed E-state index contributed by atoms with van der Waals surface area (Å²) in [4.78, 5) is 31.8. The molecule has 3 aliphatic rings. The molecule has 0 aromatic heterocycles. The first kappa shape index (κ1) is 15.1. The van der Waals surface area contributed by atoms with Crippen LogP contribution in [-0.4, -0.2) is 47.7 Å². The molecule has 1 aliphatic carbocycles. The van der Waals surface area contributed by atoms with Crippen LogP contribution >= 0.6 is 0 Å². The Morgan fingerprint density at radius 1 is 1.33 bits per heavy atom. The molecule has 2 fully saturated rings. The lowest BCUT2D eigenvalue weighted by atomic mass is 10.0. The number of carbonyl (C=O) groups is 2. The van der Waals surface area contributed by atoms with E-state index < -0.39 is 5.82 Å². The first-order valence-corrected chi connectivity index (χ1v) is 8.13. The summed E-state index contributed by atoms with van der Waals surface area (Å²) in [5.74, 6) is -1.37. The van der Waals surface area contributed by atoms with E-state index >= 15 is 0 Å². The molecule has 1 N–H and O–H groups in total. The number of amides is 2. The molecule has 24 heavy (non-hydrogen) atoms. The average Bonchev–Trinajstić information content (AvgIpc) is 3.09. The third kappa shape index (κ3) is 2.53. The highest BCUT2D eigenvalue weighted by Crippen LogP contribution is 2.30. The van der Waals surface area contributed by atoms with Crippen LogP contribution in [0.15, 0.2) is 23.4 Å². The predicted octanol–water partition coefficient (Wildman–Crippen LogP) is 1.24. The van der Waals surface area contributed by atoms with Gasteiger partial charge in [0, 0.05) is 12.6 Å². The second kappa shape index (κ2) is 5.58. The molecule has 2 amide bonds.